The van der Waals surface area contributed by atoms with Crippen molar-refractivity contribution in [3.8, 4) is 0 Å². The Labute approximate surface area is 142 Å². The third-order valence-corrected chi connectivity index (χ3v) is 6.04. The number of carbonyl (C=O) groups excluding carboxylic acids is 3. The van der Waals surface area contributed by atoms with E-state index in [-0.39, 0.29) is 40.8 Å². The third kappa shape index (κ3) is 2.08. The lowest BCUT2D eigenvalue weighted by molar-refractivity contribution is -0.143. The highest BCUT2D eigenvalue weighted by molar-refractivity contribution is 6.23. The van der Waals surface area contributed by atoms with Gasteiger partial charge in [0.05, 0.1) is 17.5 Å². The molecule has 0 spiro atoms. The molecule has 2 bridgehead atoms. The summed E-state index contributed by atoms with van der Waals surface area (Å²) in [5.41, 5.74) is 1.69. The van der Waals surface area contributed by atoms with Crippen molar-refractivity contribution in [2.75, 3.05) is 4.90 Å². The minimum Gasteiger partial charge on any atom is -0.299 e. The highest BCUT2D eigenvalue weighted by atomic mass is 16.2. The number of anilines is 1. The summed E-state index contributed by atoms with van der Waals surface area (Å²) in [6, 6.07) is 7.69. The van der Waals surface area contributed by atoms with Gasteiger partial charge >= 0.3 is 0 Å². The molecular formula is C20H23NO3. The zero-order chi connectivity index (χ0) is 17.2. The molecule has 0 radical (unpaired) electrons. The molecule has 3 aliphatic carbocycles. The molecule has 1 aromatic rings. The van der Waals surface area contributed by atoms with Crippen molar-refractivity contribution in [2.24, 2.45) is 23.7 Å². The number of benzene rings is 1. The lowest BCUT2D eigenvalue weighted by atomic mass is 9.59. The van der Waals surface area contributed by atoms with Crippen molar-refractivity contribution in [1.82, 2.24) is 0 Å². The SMILES string of the molecule is CC(C)(C)c1cccc(N2C(=O)[C@@H]3[C@H]4CC[C@H](C(=O)C4)[C@@H]3C2=O)c1. The van der Waals surface area contributed by atoms with Crippen molar-refractivity contribution in [3.63, 3.8) is 0 Å². The van der Waals surface area contributed by atoms with Crippen LogP contribution < -0.4 is 4.90 Å². The first-order valence-electron chi connectivity index (χ1n) is 8.80. The molecule has 0 unspecified atom stereocenters. The number of nitrogens with zero attached hydrogens (tertiary/aromatic N) is 1. The van der Waals surface area contributed by atoms with Gasteiger partial charge in [0.15, 0.2) is 0 Å². The molecule has 0 N–H and O–H groups in total. The molecule has 5 rings (SSSR count). The normalized spacial score (nSPS) is 32.5. The summed E-state index contributed by atoms with van der Waals surface area (Å²) in [4.78, 5) is 39.6. The maximum absolute atomic E-state index is 13.0. The summed E-state index contributed by atoms with van der Waals surface area (Å²) in [7, 11) is 0. The monoisotopic (exact) mass is 325 g/mol. The topological polar surface area (TPSA) is 54.5 Å². The van der Waals surface area contributed by atoms with Crippen LogP contribution >= 0.6 is 0 Å². The fourth-order valence-electron chi connectivity index (χ4n) is 4.75. The summed E-state index contributed by atoms with van der Waals surface area (Å²) < 4.78 is 0. The van der Waals surface area contributed by atoms with E-state index in [0.717, 1.165) is 18.4 Å². The minimum absolute atomic E-state index is 0.0520. The van der Waals surface area contributed by atoms with E-state index in [1.165, 1.54) is 4.90 Å². The van der Waals surface area contributed by atoms with E-state index in [2.05, 4.69) is 20.8 Å². The van der Waals surface area contributed by atoms with E-state index in [4.69, 9.17) is 0 Å². The van der Waals surface area contributed by atoms with Crippen molar-refractivity contribution in [3.05, 3.63) is 29.8 Å². The standard InChI is InChI=1S/C20H23NO3/c1-20(2,3)12-5-4-6-13(10-12)21-18(23)16-11-7-8-14(15(22)9-11)17(16)19(21)24/h4-6,10-11,14,16-17H,7-9H2,1-3H3/t11-,14+,16+,17-/m0/s1. The van der Waals surface area contributed by atoms with E-state index < -0.39 is 5.92 Å². The summed E-state index contributed by atoms with van der Waals surface area (Å²) >= 11 is 0. The molecule has 24 heavy (non-hydrogen) atoms. The summed E-state index contributed by atoms with van der Waals surface area (Å²) in [5, 5.41) is 0. The van der Waals surface area contributed by atoms with Gasteiger partial charge in [0, 0.05) is 12.3 Å². The van der Waals surface area contributed by atoms with Crippen LogP contribution in [0.5, 0.6) is 0 Å². The van der Waals surface area contributed by atoms with Gasteiger partial charge in [0.25, 0.3) is 0 Å². The highest BCUT2D eigenvalue weighted by Crippen LogP contribution is 2.52. The molecule has 4 aliphatic rings. The van der Waals surface area contributed by atoms with Crippen LogP contribution in [-0.4, -0.2) is 17.6 Å². The van der Waals surface area contributed by atoms with Crippen LogP contribution in [0.25, 0.3) is 0 Å². The van der Waals surface area contributed by atoms with Crippen molar-refractivity contribution >= 4 is 23.3 Å². The minimum atomic E-state index is -0.421. The molecule has 2 amide bonds. The fourth-order valence-corrected chi connectivity index (χ4v) is 4.75. The van der Waals surface area contributed by atoms with Gasteiger partial charge in [-0.3, -0.25) is 19.3 Å². The number of Topliss-reactive ketones (excluding diaryl/α,β-unsaturated/α-hetero) is 1. The van der Waals surface area contributed by atoms with Crippen LogP contribution in [0.3, 0.4) is 0 Å². The lowest BCUT2D eigenvalue weighted by Crippen LogP contribution is -2.46. The summed E-state index contributed by atoms with van der Waals surface area (Å²) in [5.74, 6) is -0.981. The Hall–Kier alpha value is -1.97. The van der Waals surface area contributed by atoms with Gasteiger partial charge in [0.1, 0.15) is 5.78 Å². The number of hydrogen-bond donors (Lipinski definition) is 0. The van der Waals surface area contributed by atoms with Crippen LogP contribution in [0.1, 0.15) is 45.6 Å². The Bertz CT molecular complexity index is 745. The van der Waals surface area contributed by atoms with Crippen molar-refractivity contribution < 1.29 is 14.4 Å². The molecule has 4 atom stereocenters. The molecule has 1 saturated heterocycles. The van der Waals surface area contributed by atoms with Crippen LogP contribution in [0.15, 0.2) is 24.3 Å². The molecule has 0 aromatic heterocycles. The predicted octanol–water partition coefficient (Wildman–Crippen LogP) is 3.09. The number of rotatable bonds is 1. The number of hydrogen-bond acceptors (Lipinski definition) is 3. The van der Waals surface area contributed by atoms with E-state index >= 15 is 0 Å². The Balaban J connectivity index is 1.74. The smallest absolute Gasteiger partial charge is 0.238 e. The molecule has 1 heterocycles. The molecule has 3 saturated carbocycles. The van der Waals surface area contributed by atoms with Gasteiger partial charge in [-0.25, -0.2) is 0 Å². The fraction of sp³-hybridized carbons (Fsp3) is 0.550. The average Bonchev–Trinajstić information content (AvgIpc) is 2.80. The van der Waals surface area contributed by atoms with E-state index in [0.29, 0.717) is 12.1 Å². The maximum atomic E-state index is 13.0. The Morgan fingerprint density at radius 1 is 1.00 bits per heavy atom. The first kappa shape index (κ1) is 15.6. The molecular weight excluding hydrogens is 302 g/mol. The van der Waals surface area contributed by atoms with Gasteiger partial charge in [-0.05, 0) is 41.9 Å². The Kier molecular flexibility index (Phi) is 3.25. The average molecular weight is 325 g/mol. The number of imide groups is 1. The zero-order valence-electron chi connectivity index (χ0n) is 14.4. The molecule has 1 aromatic carbocycles. The van der Waals surface area contributed by atoms with Crippen molar-refractivity contribution in [2.45, 2.75) is 45.4 Å². The third-order valence-electron chi connectivity index (χ3n) is 6.04. The molecule has 126 valence electrons. The number of carbonyl (C=O) groups is 3. The Morgan fingerprint density at radius 2 is 1.71 bits per heavy atom. The predicted molar refractivity (Wildman–Crippen MR) is 90.5 cm³/mol. The molecule has 4 fully saturated rings. The summed E-state index contributed by atoms with van der Waals surface area (Å²) in [6.45, 7) is 6.33. The van der Waals surface area contributed by atoms with Crippen LogP contribution in [-0.2, 0) is 19.8 Å². The number of fused-ring (bicyclic) bond motifs is 2. The van der Waals surface area contributed by atoms with Gasteiger partial charge in [0.2, 0.25) is 11.8 Å². The molecule has 4 heteroatoms. The zero-order valence-corrected chi connectivity index (χ0v) is 14.4. The van der Waals surface area contributed by atoms with Gasteiger partial charge in [-0.2, -0.15) is 0 Å². The summed E-state index contributed by atoms with van der Waals surface area (Å²) in [6.07, 6.45) is 2.13. The lowest BCUT2D eigenvalue weighted by Gasteiger charge is -2.41. The van der Waals surface area contributed by atoms with E-state index in [9.17, 15) is 14.4 Å². The van der Waals surface area contributed by atoms with Gasteiger partial charge in [-0.15, -0.1) is 0 Å². The van der Waals surface area contributed by atoms with Gasteiger partial charge in [-0.1, -0.05) is 32.9 Å². The maximum Gasteiger partial charge on any atom is 0.238 e. The van der Waals surface area contributed by atoms with Crippen LogP contribution in [0.4, 0.5) is 5.69 Å². The second-order valence-electron chi connectivity index (χ2n) is 8.48. The largest absolute Gasteiger partial charge is 0.299 e. The molecule has 4 nitrogen and oxygen atoms in total. The molecule has 1 aliphatic heterocycles. The van der Waals surface area contributed by atoms with Crippen LogP contribution in [0, 0.1) is 23.7 Å². The van der Waals surface area contributed by atoms with Gasteiger partial charge < -0.3 is 0 Å². The first-order valence-corrected chi connectivity index (χ1v) is 8.80. The highest BCUT2D eigenvalue weighted by Gasteiger charge is 2.60. The Morgan fingerprint density at radius 3 is 2.38 bits per heavy atom. The van der Waals surface area contributed by atoms with Crippen LogP contribution in [0.2, 0.25) is 0 Å². The second kappa shape index (κ2) is 5.01. The quantitative estimate of drug-likeness (QED) is 0.746. The first-order chi connectivity index (χ1) is 11.3. The number of amides is 2. The van der Waals surface area contributed by atoms with Crippen molar-refractivity contribution in [1.29, 1.82) is 0 Å². The van der Waals surface area contributed by atoms with E-state index in [1.807, 2.05) is 24.3 Å². The van der Waals surface area contributed by atoms with E-state index in [1.54, 1.807) is 0 Å². The second-order valence-corrected chi connectivity index (χ2v) is 8.48. The number of ketones is 1.